The number of benzene rings is 1. The summed E-state index contributed by atoms with van der Waals surface area (Å²) in [5.74, 6) is 1.86. The summed E-state index contributed by atoms with van der Waals surface area (Å²) in [6, 6.07) is 6.92. The molecule has 156 valence electrons. The highest BCUT2D eigenvalue weighted by atomic mass is 16.6. The van der Waals surface area contributed by atoms with Gasteiger partial charge in [-0.05, 0) is 61.8 Å². The van der Waals surface area contributed by atoms with E-state index in [2.05, 4.69) is 15.3 Å². The maximum Gasteiger partial charge on any atom is 0.329 e. The first-order chi connectivity index (χ1) is 14.0. The standard InChI is InChI=1S/C20H28N6O3/c1-25(13-16-3-2-4-17(27)9-16)20-23-12-18(26(28)29)19(24-20)22-11-15-7-5-14(10-21)6-8-15/h2-4,9,12,14-15,27H,5-8,10-11,13,21H2,1H3,(H,22,23,24). The maximum absolute atomic E-state index is 11.4. The van der Waals surface area contributed by atoms with E-state index in [4.69, 9.17) is 5.73 Å². The molecule has 1 aliphatic carbocycles. The number of nitro groups is 1. The number of phenols is 1. The number of rotatable bonds is 8. The summed E-state index contributed by atoms with van der Waals surface area (Å²) in [6.45, 7) is 1.84. The molecule has 0 radical (unpaired) electrons. The molecule has 29 heavy (non-hydrogen) atoms. The average molecular weight is 400 g/mol. The van der Waals surface area contributed by atoms with E-state index in [0.717, 1.165) is 37.8 Å². The summed E-state index contributed by atoms with van der Waals surface area (Å²) >= 11 is 0. The van der Waals surface area contributed by atoms with E-state index in [1.54, 1.807) is 23.1 Å². The predicted molar refractivity (Wildman–Crippen MR) is 112 cm³/mol. The lowest BCUT2D eigenvalue weighted by atomic mass is 9.82. The van der Waals surface area contributed by atoms with Gasteiger partial charge in [0.1, 0.15) is 11.9 Å². The van der Waals surface area contributed by atoms with Crippen LogP contribution in [0.3, 0.4) is 0 Å². The Balaban J connectivity index is 1.69. The molecule has 0 aliphatic heterocycles. The Bertz CT molecular complexity index is 839. The molecule has 9 heteroatoms. The molecule has 0 atom stereocenters. The van der Waals surface area contributed by atoms with E-state index < -0.39 is 4.92 Å². The van der Waals surface area contributed by atoms with Gasteiger partial charge in [0.05, 0.1) is 4.92 Å². The Morgan fingerprint density at radius 3 is 2.69 bits per heavy atom. The van der Waals surface area contributed by atoms with Crippen LogP contribution in [0.1, 0.15) is 31.2 Å². The molecule has 0 saturated heterocycles. The molecule has 1 aromatic heterocycles. The van der Waals surface area contributed by atoms with Crippen LogP contribution in [0.2, 0.25) is 0 Å². The average Bonchev–Trinajstić information content (AvgIpc) is 2.72. The van der Waals surface area contributed by atoms with Crippen LogP contribution in [-0.2, 0) is 6.54 Å². The molecular weight excluding hydrogens is 372 g/mol. The van der Waals surface area contributed by atoms with Crippen molar-refractivity contribution in [3.8, 4) is 5.75 Å². The summed E-state index contributed by atoms with van der Waals surface area (Å²) in [5.41, 5.74) is 6.51. The van der Waals surface area contributed by atoms with E-state index in [0.29, 0.717) is 30.9 Å². The fourth-order valence-electron chi connectivity index (χ4n) is 3.73. The smallest absolute Gasteiger partial charge is 0.329 e. The predicted octanol–water partition coefficient (Wildman–Crippen LogP) is 2.90. The Labute approximate surface area is 170 Å². The minimum Gasteiger partial charge on any atom is -0.508 e. The summed E-state index contributed by atoms with van der Waals surface area (Å²) in [7, 11) is 1.81. The van der Waals surface area contributed by atoms with Gasteiger partial charge in [0.25, 0.3) is 0 Å². The maximum atomic E-state index is 11.4. The van der Waals surface area contributed by atoms with Gasteiger partial charge in [0.15, 0.2) is 0 Å². The summed E-state index contributed by atoms with van der Waals surface area (Å²) < 4.78 is 0. The van der Waals surface area contributed by atoms with Crippen LogP contribution in [-0.4, -0.2) is 40.1 Å². The largest absolute Gasteiger partial charge is 0.508 e. The zero-order chi connectivity index (χ0) is 20.8. The zero-order valence-corrected chi connectivity index (χ0v) is 16.6. The van der Waals surface area contributed by atoms with Gasteiger partial charge in [0.2, 0.25) is 11.8 Å². The molecule has 9 nitrogen and oxygen atoms in total. The first-order valence-electron chi connectivity index (χ1n) is 9.90. The quantitative estimate of drug-likeness (QED) is 0.455. The number of aromatic nitrogens is 2. The van der Waals surface area contributed by atoms with Crippen LogP contribution in [0.4, 0.5) is 17.5 Å². The van der Waals surface area contributed by atoms with E-state index in [1.165, 1.54) is 6.20 Å². The lowest BCUT2D eigenvalue weighted by Gasteiger charge is -2.27. The van der Waals surface area contributed by atoms with Crippen LogP contribution in [0.25, 0.3) is 0 Å². The van der Waals surface area contributed by atoms with Crippen molar-refractivity contribution in [3.05, 3.63) is 46.1 Å². The fraction of sp³-hybridized carbons (Fsp3) is 0.500. The molecular formula is C20H28N6O3. The number of aromatic hydroxyl groups is 1. The topological polar surface area (TPSA) is 130 Å². The van der Waals surface area contributed by atoms with Gasteiger partial charge in [-0.3, -0.25) is 10.1 Å². The van der Waals surface area contributed by atoms with Gasteiger partial charge in [0, 0.05) is 20.1 Å². The van der Waals surface area contributed by atoms with Crippen LogP contribution in [0, 0.1) is 22.0 Å². The Morgan fingerprint density at radius 1 is 1.31 bits per heavy atom. The van der Waals surface area contributed by atoms with E-state index >= 15 is 0 Å². The monoisotopic (exact) mass is 400 g/mol. The number of phenolic OH excluding ortho intramolecular Hbond substituents is 1. The van der Waals surface area contributed by atoms with Gasteiger partial charge in [-0.1, -0.05) is 12.1 Å². The molecule has 1 fully saturated rings. The molecule has 1 aromatic carbocycles. The van der Waals surface area contributed by atoms with Crippen LogP contribution < -0.4 is 16.0 Å². The third-order valence-corrected chi connectivity index (χ3v) is 5.48. The van der Waals surface area contributed by atoms with Crippen molar-refractivity contribution in [1.82, 2.24) is 9.97 Å². The Kier molecular flexibility index (Phi) is 6.82. The lowest BCUT2D eigenvalue weighted by Crippen LogP contribution is -2.26. The molecule has 0 amide bonds. The fourth-order valence-corrected chi connectivity index (χ4v) is 3.73. The molecule has 1 heterocycles. The first kappa shape index (κ1) is 20.8. The summed E-state index contributed by atoms with van der Waals surface area (Å²) in [5, 5.41) is 24.2. The number of nitrogens with two attached hydrogens (primary N) is 1. The van der Waals surface area contributed by atoms with Crippen molar-refractivity contribution in [3.63, 3.8) is 0 Å². The number of hydrogen-bond acceptors (Lipinski definition) is 8. The summed E-state index contributed by atoms with van der Waals surface area (Å²) in [4.78, 5) is 21.3. The van der Waals surface area contributed by atoms with E-state index in [9.17, 15) is 15.2 Å². The molecule has 1 saturated carbocycles. The van der Waals surface area contributed by atoms with Gasteiger partial charge in [-0.15, -0.1) is 0 Å². The number of hydrogen-bond donors (Lipinski definition) is 3. The van der Waals surface area contributed by atoms with Crippen molar-refractivity contribution >= 4 is 17.5 Å². The summed E-state index contributed by atoms with van der Waals surface area (Å²) in [6.07, 6.45) is 5.59. The molecule has 3 rings (SSSR count). The Morgan fingerprint density at radius 2 is 2.03 bits per heavy atom. The van der Waals surface area contributed by atoms with Crippen molar-refractivity contribution in [1.29, 1.82) is 0 Å². The van der Waals surface area contributed by atoms with Gasteiger partial charge < -0.3 is 21.1 Å². The highest BCUT2D eigenvalue weighted by Gasteiger charge is 2.23. The number of nitrogens with zero attached hydrogens (tertiary/aromatic N) is 4. The number of nitrogens with one attached hydrogen (secondary N) is 1. The molecule has 0 bridgehead atoms. The Hall–Kier alpha value is -2.94. The van der Waals surface area contributed by atoms with Crippen molar-refractivity contribution in [2.75, 3.05) is 30.4 Å². The molecule has 0 spiro atoms. The van der Waals surface area contributed by atoms with Crippen molar-refractivity contribution in [2.45, 2.75) is 32.2 Å². The third kappa shape index (κ3) is 5.54. The van der Waals surface area contributed by atoms with Gasteiger partial charge >= 0.3 is 5.69 Å². The van der Waals surface area contributed by atoms with E-state index in [1.807, 2.05) is 13.1 Å². The normalized spacial score (nSPS) is 19.0. The SMILES string of the molecule is CN(Cc1cccc(O)c1)c1ncc([N+](=O)[O-])c(NCC2CCC(CN)CC2)n1. The lowest BCUT2D eigenvalue weighted by molar-refractivity contribution is -0.384. The van der Waals surface area contributed by atoms with Gasteiger partial charge in [-0.25, -0.2) is 4.98 Å². The second-order valence-corrected chi connectivity index (χ2v) is 7.69. The molecule has 1 aliphatic rings. The number of anilines is 2. The van der Waals surface area contributed by atoms with Crippen LogP contribution in [0.15, 0.2) is 30.5 Å². The van der Waals surface area contributed by atoms with E-state index in [-0.39, 0.29) is 17.3 Å². The minimum absolute atomic E-state index is 0.129. The zero-order valence-electron chi connectivity index (χ0n) is 16.6. The third-order valence-electron chi connectivity index (χ3n) is 5.48. The second kappa shape index (κ2) is 9.51. The van der Waals surface area contributed by atoms with Gasteiger partial charge in [-0.2, -0.15) is 4.98 Å². The molecule has 2 aromatic rings. The van der Waals surface area contributed by atoms with Crippen LogP contribution >= 0.6 is 0 Å². The highest BCUT2D eigenvalue weighted by Crippen LogP contribution is 2.30. The first-order valence-corrected chi connectivity index (χ1v) is 9.90. The minimum atomic E-state index is -0.466. The molecule has 0 unspecified atom stereocenters. The highest BCUT2D eigenvalue weighted by molar-refractivity contribution is 5.57. The van der Waals surface area contributed by atoms with Crippen LogP contribution in [0.5, 0.6) is 5.75 Å². The molecule has 4 N–H and O–H groups in total. The second-order valence-electron chi connectivity index (χ2n) is 7.69. The van der Waals surface area contributed by atoms with Crippen molar-refractivity contribution < 1.29 is 10.0 Å². The van der Waals surface area contributed by atoms with Crippen molar-refractivity contribution in [2.24, 2.45) is 17.6 Å².